The van der Waals surface area contributed by atoms with E-state index in [0.29, 0.717) is 31.6 Å². The Kier molecular flexibility index (Phi) is 3.58. The minimum Gasteiger partial charge on any atom is -0.341 e. The Morgan fingerprint density at radius 2 is 1.95 bits per heavy atom. The maximum atomic E-state index is 13.2. The first-order chi connectivity index (χ1) is 10.4. The lowest BCUT2D eigenvalue weighted by atomic mass is 9.82. The van der Waals surface area contributed by atoms with E-state index in [9.17, 15) is 18.0 Å². The Labute approximate surface area is 126 Å². The number of piperidine rings is 1. The van der Waals surface area contributed by atoms with Crippen LogP contribution in [-0.2, 0) is 18.3 Å². The number of rotatable bonds is 0. The number of hydrogen-bond acceptors (Lipinski definition) is 2. The summed E-state index contributed by atoms with van der Waals surface area (Å²) < 4.78 is 40.8. The van der Waals surface area contributed by atoms with Crippen LogP contribution in [-0.4, -0.2) is 42.2 Å². The van der Waals surface area contributed by atoms with Gasteiger partial charge in [-0.3, -0.25) is 0 Å². The van der Waals surface area contributed by atoms with Crippen molar-refractivity contribution in [3.63, 3.8) is 0 Å². The number of nitrogens with zero attached hydrogens (tertiary/aromatic N) is 2. The predicted octanol–water partition coefficient (Wildman–Crippen LogP) is 1.74. The van der Waals surface area contributed by atoms with Crippen molar-refractivity contribution in [2.75, 3.05) is 26.7 Å². The van der Waals surface area contributed by atoms with Crippen LogP contribution in [0.4, 0.5) is 18.0 Å². The molecular formula is C14H19F3N4O. The van der Waals surface area contributed by atoms with Gasteiger partial charge in [0.2, 0.25) is 0 Å². The fourth-order valence-corrected chi connectivity index (χ4v) is 3.71. The summed E-state index contributed by atoms with van der Waals surface area (Å²) in [6.07, 6.45) is -3.15. The highest BCUT2D eigenvalue weighted by atomic mass is 19.4. The zero-order valence-corrected chi connectivity index (χ0v) is 12.3. The summed E-state index contributed by atoms with van der Waals surface area (Å²) in [5.74, 6) is 0. The molecule has 1 spiro atoms. The fraction of sp³-hybridized carbons (Fsp3) is 0.643. The Bertz CT molecular complexity index is 575. The zero-order valence-electron chi connectivity index (χ0n) is 12.3. The SMILES string of the molecule is CNC(=O)N1CCn2c(C(F)(F)F)ccc2C12CCNCC2. The van der Waals surface area contributed by atoms with Gasteiger partial charge in [0, 0.05) is 25.8 Å². The van der Waals surface area contributed by atoms with Crippen LogP contribution in [0.1, 0.15) is 24.2 Å². The van der Waals surface area contributed by atoms with E-state index >= 15 is 0 Å². The van der Waals surface area contributed by atoms with E-state index in [1.165, 1.54) is 10.6 Å². The van der Waals surface area contributed by atoms with Crippen molar-refractivity contribution in [1.82, 2.24) is 20.1 Å². The summed E-state index contributed by atoms with van der Waals surface area (Å²) >= 11 is 0. The lowest BCUT2D eigenvalue weighted by Crippen LogP contribution is -2.60. The maximum absolute atomic E-state index is 13.2. The molecule has 1 fully saturated rings. The van der Waals surface area contributed by atoms with Crippen LogP contribution in [0.5, 0.6) is 0 Å². The molecule has 0 saturated carbocycles. The highest BCUT2D eigenvalue weighted by molar-refractivity contribution is 5.75. The molecule has 1 aromatic rings. The van der Waals surface area contributed by atoms with Crippen molar-refractivity contribution in [3.8, 4) is 0 Å². The fourth-order valence-electron chi connectivity index (χ4n) is 3.71. The normalized spacial score (nSPS) is 20.8. The minimum absolute atomic E-state index is 0.166. The van der Waals surface area contributed by atoms with Crippen molar-refractivity contribution in [2.45, 2.75) is 31.1 Å². The van der Waals surface area contributed by atoms with Crippen LogP contribution in [0, 0.1) is 0 Å². The average Bonchev–Trinajstić information content (AvgIpc) is 2.93. The van der Waals surface area contributed by atoms with Gasteiger partial charge in [-0.2, -0.15) is 13.2 Å². The summed E-state index contributed by atoms with van der Waals surface area (Å²) in [5, 5.41) is 5.82. The number of alkyl halides is 3. The molecule has 0 aliphatic carbocycles. The Morgan fingerprint density at radius 3 is 2.55 bits per heavy atom. The number of halogens is 3. The van der Waals surface area contributed by atoms with Gasteiger partial charge in [-0.25, -0.2) is 4.79 Å². The van der Waals surface area contributed by atoms with Gasteiger partial charge >= 0.3 is 12.2 Å². The molecule has 8 heteroatoms. The summed E-state index contributed by atoms with van der Waals surface area (Å²) in [7, 11) is 1.55. The molecule has 2 N–H and O–H groups in total. The second-order valence-corrected chi connectivity index (χ2v) is 5.74. The molecule has 0 aromatic carbocycles. The van der Waals surface area contributed by atoms with Crippen LogP contribution in [0.25, 0.3) is 0 Å². The van der Waals surface area contributed by atoms with Crippen molar-refractivity contribution in [1.29, 1.82) is 0 Å². The molecule has 1 saturated heterocycles. The summed E-state index contributed by atoms with van der Waals surface area (Å²) in [6.45, 7) is 1.81. The standard InChI is InChI=1S/C14H19F3N4O/c1-18-12(22)21-9-8-20-10(2-3-11(20)14(15,16)17)13(21)4-6-19-7-5-13/h2-3,19H,4-9H2,1H3,(H,18,22). The van der Waals surface area contributed by atoms with E-state index in [2.05, 4.69) is 10.6 Å². The molecule has 122 valence electrons. The molecule has 2 amide bonds. The number of fused-ring (bicyclic) bond motifs is 2. The van der Waals surface area contributed by atoms with Gasteiger partial charge in [-0.15, -0.1) is 0 Å². The van der Waals surface area contributed by atoms with Crippen molar-refractivity contribution in [3.05, 3.63) is 23.5 Å². The first-order valence-corrected chi connectivity index (χ1v) is 7.37. The summed E-state index contributed by atoms with van der Waals surface area (Å²) in [6, 6.07) is 2.43. The van der Waals surface area contributed by atoms with Crippen molar-refractivity contribution in [2.24, 2.45) is 0 Å². The predicted molar refractivity (Wildman–Crippen MR) is 74.4 cm³/mol. The molecule has 22 heavy (non-hydrogen) atoms. The zero-order chi connectivity index (χ0) is 16.0. The van der Waals surface area contributed by atoms with Gasteiger partial charge < -0.3 is 20.1 Å². The monoisotopic (exact) mass is 316 g/mol. The molecule has 0 atom stereocenters. The van der Waals surface area contributed by atoms with E-state index in [4.69, 9.17) is 0 Å². The maximum Gasteiger partial charge on any atom is 0.431 e. The summed E-state index contributed by atoms with van der Waals surface area (Å²) in [5.41, 5.74) is -0.694. The van der Waals surface area contributed by atoms with Crippen LogP contribution < -0.4 is 10.6 Å². The summed E-state index contributed by atoms with van der Waals surface area (Å²) in [4.78, 5) is 13.9. The van der Waals surface area contributed by atoms with Crippen molar-refractivity contribution >= 4 is 6.03 Å². The van der Waals surface area contributed by atoms with Gasteiger partial charge in [0.05, 0.1) is 5.54 Å². The first-order valence-electron chi connectivity index (χ1n) is 7.37. The third-order valence-corrected chi connectivity index (χ3v) is 4.70. The van der Waals surface area contributed by atoms with E-state index in [0.717, 1.165) is 6.07 Å². The van der Waals surface area contributed by atoms with E-state index in [1.54, 1.807) is 11.9 Å². The van der Waals surface area contributed by atoms with Crippen LogP contribution >= 0.6 is 0 Å². The van der Waals surface area contributed by atoms with Gasteiger partial charge in [0.25, 0.3) is 0 Å². The Morgan fingerprint density at radius 1 is 1.27 bits per heavy atom. The second-order valence-electron chi connectivity index (χ2n) is 5.74. The Hall–Kier alpha value is -1.70. The smallest absolute Gasteiger partial charge is 0.341 e. The molecule has 0 unspecified atom stereocenters. The molecule has 5 nitrogen and oxygen atoms in total. The first kappa shape index (κ1) is 15.2. The van der Waals surface area contributed by atoms with Gasteiger partial charge in [0.15, 0.2) is 0 Å². The number of carbonyl (C=O) groups excluding carboxylic acids is 1. The molecule has 3 rings (SSSR count). The average molecular weight is 316 g/mol. The van der Waals surface area contributed by atoms with E-state index < -0.39 is 17.4 Å². The molecule has 0 bridgehead atoms. The molecule has 1 aromatic heterocycles. The quantitative estimate of drug-likeness (QED) is 0.766. The minimum atomic E-state index is -4.37. The number of hydrogen-bond donors (Lipinski definition) is 2. The lowest BCUT2D eigenvalue weighted by Gasteiger charge is -2.50. The molecule has 2 aliphatic heterocycles. The number of aromatic nitrogens is 1. The number of amides is 2. The highest BCUT2D eigenvalue weighted by Crippen LogP contribution is 2.43. The third kappa shape index (κ3) is 2.16. The lowest BCUT2D eigenvalue weighted by molar-refractivity contribution is -0.144. The highest BCUT2D eigenvalue weighted by Gasteiger charge is 2.48. The molecule has 3 heterocycles. The number of nitrogens with one attached hydrogen (secondary N) is 2. The van der Waals surface area contributed by atoms with Gasteiger partial charge in [-0.05, 0) is 38.1 Å². The topological polar surface area (TPSA) is 49.3 Å². The second kappa shape index (κ2) is 5.19. The van der Waals surface area contributed by atoms with Gasteiger partial charge in [0.1, 0.15) is 5.69 Å². The van der Waals surface area contributed by atoms with Crippen molar-refractivity contribution < 1.29 is 18.0 Å². The molecule has 0 radical (unpaired) electrons. The largest absolute Gasteiger partial charge is 0.431 e. The third-order valence-electron chi connectivity index (χ3n) is 4.70. The Balaban J connectivity index is 2.10. The van der Waals surface area contributed by atoms with Gasteiger partial charge in [-0.1, -0.05) is 0 Å². The molecular weight excluding hydrogens is 297 g/mol. The van der Waals surface area contributed by atoms with E-state index in [1.807, 2.05) is 0 Å². The van der Waals surface area contributed by atoms with Crippen LogP contribution in [0.15, 0.2) is 12.1 Å². The molecule has 2 aliphatic rings. The van der Waals surface area contributed by atoms with E-state index in [-0.39, 0.29) is 19.1 Å². The van der Waals surface area contributed by atoms with Crippen LogP contribution in [0.2, 0.25) is 0 Å². The van der Waals surface area contributed by atoms with Crippen LogP contribution in [0.3, 0.4) is 0 Å². The number of urea groups is 1. The number of carbonyl (C=O) groups is 1.